The number of rotatable bonds is 4. The zero-order valence-corrected chi connectivity index (χ0v) is 7.18. The van der Waals surface area contributed by atoms with Crippen molar-refractivity contribution in [3.63, 3.8) is 0 Å². The summed E-state index contributed by atoms with van der Waals surface area (Å²) in [6.07, 6.45) is 3.48. The van der Waals surface area contributed by atoms with Crippen LogP contribution in [0.4, 0.5) is 0 Å². The van der Waals surface area contributed by atoms with E-state index >= 15 is 0 Å². The van der Waals surface area contributed by atoms with E-state index in [2.05, 4.69) is 20.4 Å². The average molecular weight is 150 g/mol. The maximum atomic E-state index is 11.2. The fraction of sp³-hybridized carbons (Fsp3) is 0.500. The molecule has 0 aromatic heterocycles. The Morgan fingerprint density at radius 1 is 1.45 bits per heavy atom. The highest BCUT2D eigenvalue weighted by molar-refractivity contribution is 5.99. The van der Waals surface area contributed by atoms with Crippen molar-refractivity contribution < 1.29 is 4.79 Å². The lowest BCUT2D eigenvalue weighted by Crippen LogP contribution is -1.99. The van der Waals surface area contributed by atoms with Crippen LogP contribution in [0.1, 0.15) is 26.7 Å². The van der Waals surface area contributed by atoms with Crippen molar-refractivity contribution in [2.24, 2.45) is 5.92 Å². The first kappa shape index (κ1) is 8.25. The Balaban J connectivity index is 2.59. The van der Waals surface area contributed by atoms with Crippen LogP contribution in [0.25, 0.3) is 0 Å². The molecule has 0 aromatic carbocycles. The van der Waals surface area contributed by atoms with Gasteiger partial charge in [0.05, 0.1) is 5.92 Å². The molecule has 0 fully saturated rings. The van der Waals surface area contributed by atoms with Crippen LogP contribution in [0.3, 0.4) is 0 Å². The molecular formula is C10H14O. The smallest absolute Gasteiger partial charge is 0.166 e. The Morgan fingerprint density at radius 3 is 2.18 bits per heavy atom. The molecule has 0 atom stereocenters. The molecule has 0 bridgehead atoms. The van der Waals surface area contributed by atoms with Crippen molar-refractivity contribution in [3.05, 3.63) is 23.8 Å². The van der Waals surface area contributed by atoms with Crippen LogP contribution < -0.4 is 0 Å². The van der Waals surface area contributed by atoms with Gasteiger partial charge in [0, 0.05) is 0 Å². The molecule has 0 aliphatic heterocycles. The Kier molecular flexibility index (Phi) is 2.28. The van der Waals surface area contributed by atoms with Crippen molar-refractivity contribution in [3.8, 4) is 0 Å². The van der Waals surface area contributed by atoms with Gasteiger partial charge in [-0.15, -0.1) is 0 Å². The summed E-state index contributed by atoms with van der Waals surface area (Å²) in [6.45, 7) is 7.68. The Bertz CT molecular complexity index is 209. The predicted molar refractivity (Wildman–Crippen MR) is 46.3 cm³/mol. The second-order valence-electron chi connectivity index (χ2n) is 2.80. The Hall–Kier alpha value is -0.850. The quantitative estimate of drug-likeness (QED) is 0.444. The molecule has 11 heavy (non-hydrogen) atoms. The largest absolute Gasteiger partial charge is 0.294 e. The minimum atomic E-state index is 0.155. The van der Waals surface area contributed by atoms with Crippen LogP contribution in [0.2, 0.25) is 0 Å². The van der Waals surface area contributed by atoms with Crippen molar-refractivity contribution in [1.29, 1.82) is 0 Å². The van der Waals surface area contributed by atoms with Gasteiger partial charge in [-0.1, -0.05) is 31.6 Å². The molecule has 0 N–H and O–H groups in total. The molecule has 0 heterocycles. The highest BCUT2D eigenvalue weighted by Gasteiger charge is 2.37. The number of allylic oxidation sites excluding steroid dienone is 3. The van der Waals surface area contributed by atoms with Gasteiger partial charge in [-0.25, -0.2) is 0 Å². The monoisotopic (exact) mass is 150 g/mol. The highest BCUT2D eigenvalue weighted by Crippen LogP contribution is 2.44. The molecule has 1 heteroatoms. The lowest BCUT2D eigenvalue weighted by atomic mass is 10.1. The van der Waals surface area contributed by atoms with Gasteiger partial charge in [0.25, 0.3) is 0 Å². The fourth-order valence-electron chi connectivity index (χ4n) is 1.64. The van der Waals surface area contributed by atoms with Gasteiger partial charge in [0.2, 0.25) is 0 Å². The third kappa shape index (κ3) is 1.28. The van der Waals surface area contributed by atoms with Crippen LogP contribution in [-0.2, 0) is 4.79 Å². The van der Waals surface area contributed by atoms with E-state index in [4.69, 9.17) is 0 Å². The zero-order valence-electron chi connectivity index (χ0n) is 7.18. The summed E-state index contributed by atoms with van der Waals surface area (Å²) in [6, 6.07) is 0. The van der Waals surface area contributed by atoms with E-state index in [0.29, 0.717) is 0 Å². The van der Waals surface area contributed by atoms with E-state index in [1.165, 1.54) is 17.2 Å². The summed E-state index contributed by atoms with van der Waals surface area (Å²) in [5, 5.41) is 0. The first-order valence-electron chi connectivity index (χ1n) is 4.14. The van der Waals surface area contributed by atoms with Gasteiger partial charge in [-0.2, -0.15) is 0 Å². The summed E-state index contributed by atoms with van der Waals surface area (Å²) in [5.74, 6) is 0.334. The summed E-state index contributed by atoms with van der Waals surface area (Å²) in [4.78, 5) is 11.2. The molecule has 1 aliphatic rings. The minimum absolute atomic E-state index is 0.155. The van der Waals surface area contributed by atoms with Crippen LogP contribution in [0.5, 0.6) is 0 Å². The standard InChI is InChI=1S/C10H14O/c1-4-7-8(5-2)10(7)9(11)6-3/h6,10H,3-5H2,1-2H3. The molecule has 1 rings (SSSR count). The van der Waals surface area contributed by atoms with Crippen LogP contribution in [0, 0.1) is 5.92 Å². The van der Waals surface area contributed by atoms with Gasteiger partial charge < -0.3 is 0 Å². The van der Waals surface area contributed by atoms with Gasteiger partial charge in [-0.3, -0.25) is 4.79 Å². The number of carbonyl (C=O) groups excluding carboxylic acids is 1. The summed E-state index contributed by atoms with van der Waals surface area (Å²) in [5.41, 5.74) is 2.69. The summed E-state index contributed by atoms with van der Waals surface area (Å²) in [7, 11) is 0. The Morgan fingerprint density at radius 2 is 1.91 bits per heavy atom. The molecule has 0 saturated carbocycles. The van der Waals surface area contributed by atoms with Crippen molar-refractivity contribution in [2.75, 3.05) is 0 Å². The molecule has 60 valence electrons. The van der Waals surface area contributed by atoms with E-state index < -0.39 is 0 Å². The van der Waals surface area contributed by atoms with Crippen LogP contribution >= 0.6 is 0 Å². The summed E-state index contributed by atoms with van der Waals surface area (Å²) >= 11 is 0. The average Bonchev–Trinajstić information content (AvgIpc) is 2.76. The molecule has 0 spiro atoms. The molecular weight excluding hydrogens is 136 g/mol. The molecule has 0 radical (unpaired) electrons. The molecule has 0 unspecified atom stereocenters. The maximum absolute atomic E-state index is 11.2. The fourth-order valence-corrected chi connectivity index (χ4v) is 1.64. The highest BCUT2D eigenvalue weighted by atomic mass is 16.1. The molecule has 0 saturated heterocycles. The van der Waals surface area contributed by atoms with E-state index in [0.717, 1.165) is 12.8 Å². The topological polar surface area (TPSA) is 17.1 Å². The third-order valence-electron chi connectivity index (χ3n) is 2.27. The van der Waals surface area contributed by atoms with Gasteiger partial charge in [-0.05, 0) is 18.9 Å². The second-order valence-corrected chi connectivity index (χ2v) is 2.80. The Labute approximate surface area is 67.8 Å². The second kappa shape index (κ2) is 3.04. The SMILES string of the molecule is C=CC(=O)C1C(CC)=C1CC. The zero-order chi connectivity index (χ0) is 8.43. The lowest BCUT2D eigenvalue weighted by Gasteiger charge is -1.91. The number of hydrogen-bond acceptors (Lipinski definition) is 1. The number of carbonyl (C=O) groups is 1. The van der Waals surface area contributed by atoms with Crippen molar-refractivity contribution in [1.82, 2.24) is 0 Å². The van der Waals surface area contributed by atoms with Crippen molar-refractivity contribution in [2.45, 2.75) is 26.7 Å². The van der Waals surface area contributed by atoms with E-state index in [9.17, 15) is 4.79 Å². The first-order chi connectivity index (χ1) is 5.26. The van der Waals surface area contributed by atoms with Crippen LogP contribution in [0.15, 0.2) is 23.8 Å². The van der Waals surface area contributed by atoms with Gasteiger partial charge >= 0.3 is 0 Å². The number of ketones is 1. The van der Waals surface area contributed by atoms with Crippen molar-refractivity contribution >= 4 is 5.78 Å². The molecule has 0 amide bonds. The summed E-state index contributed by atoms with van der Waals surface area (Å²) < 4.78 is 0. The number of hydrogen-bond donors (Lipinski definition) is 0. The van der Waals surface area contributed by atoms with E-state index in [-0.39, 0.29) is 11.7 Å². The van der Waals surface area contributed by atoms with Gasteiger partial charge in [0.15, 0.2) is 5.78 Å². The lowest BCUT2D eigenvalue weighted by molar-refractivity contribution is -0.115. The normalized spacial score (nSPS) is 16.9. The maximum Gasteiger partial charge on any atom is 0.166 e. The van der Waals surface area contributed by atoms with Crippen LogP contribution in [-0.4, -0.2) is 5.78 Å². The predicted octanol–water partition coefficient (Wildman–Crippen LogP) is 2.49. The van der Waals surface area contributed by atoms with E-state index in [1.54, 1.807) is 0 Å². The molecule has 1 nitrogen and oxygen atoms in total. The minimum Gasteiger partial charge on any atom is -0.294 e. The molecule has 0 aromatic rings. The molecule has 1 aliphatic carbocycles. The third-order valence-corrected chi connectivity index (χ3v) is 2.27. The van der Waals surface area contributed by atoms with Gasteiger partial charge in [0.1, 0.15) is 0 Å². The first-order valence-corrected chi connectivity index (χ1v) is 4.14. The van der Waals surface area contributed by atoms with E-state index in [1.807, 2.05) is 0 Å².